The van der Waals surface area contributed by atoms with Gasteiger partial charge in [0.15, 0.2) is 6.61 Å². The average molecular weight is 316 g/mol. The SMILES string of the molecule is COC1(CNC(=O)COc2ccc(Cl)cc2)CCSC1. The number of rotatable bonds is 6. The minimum Gasteiger partial charge on any atom is -0.484 e. The van der Waals surface area contributed by atoms with Crippen LogP contribution in [0.3, 0.4) is 0 Å². The first-order valence-electron chi connectivity index (χ1n) is 6.41. The summed E-state index contributed by atoms with van der Waals surface area (Å²) >= 11 is 7.63. The van der Waals surface area contributed by atoms with E-state index in [4.69, 9.17) is 21.1 Å². The van der Waals surface area contributed by atoms with Gasteiger partial charge in [-0.05, 0) is 36.4 Å². The molecular weight excluding hydrogens is 298 g/mol. The van der Waals surface area contributed by atoms with E-state index in [1.54, 1.807) is 31.4 Å². The first-order chi connectivity index (χ1) is 9.63. The van der Waals surface area contributed by atoms with Crippen molar-refractivity contribution in [2.24, 2.45) is 0 Å². The van der Waals surface area contributed by atoms with Crippen LogP contribution in [0.1, 0.15) is 6.42 Å². The Bertz CT molecular complexity index is 446. The first-order valence-corrected chi connectivity index (χ1v) is 7.95. The summed E-state index contributed by atoms with van der Waals surface area (Å²) in [5, 5.41) is 3.51. The summed E-state index contributed by atoms with van der Waals surface area (Å²) in [5.74, 6) is 2.47. The van der Waals surface area contributed by atoms with Gasteiger partial charge < -0.3 is 14.8 Å². The van der Waals surface area contributed by atoms with Crippen LogP contribution in [0.25, 0.3) is 0 Å². The van der Waals surface area contributed by atoms with E-state index in [2.05, 4.69) is 5.32 Å². The zero-order valence-corrected chi connectivity index (χ0v) is 12.9. The van der Waals surface area contributed by atoms with Crippen molar-refractivity contribution in [1.29, 1.82) is 0 Å². The number of benzene rings is 1. The summed E-state index contributed by atoms with van der Waals surface area (Å²) in [6, 6.07) is 6.93. The van der Waals surface area contributed by atoms with Crippen molar-refractivity contribution in [2.75, 3.05) is 31.8 Å². The van der Waals surface area contributed by atoms with Crippen molar-refractivity contribution in [3.63, 3.8) is 0 Å². The van der Waals surface area contributed by atoms with Crippen molar-refractivity contribution in [1.82, 2.24) is 5.32 Å². The van der Waals surface area contributed by atoms with Crippen molar-refractivity contribution in [2.45, 2.75) is 12.0 Å². The molecule has 1 N–H and O–H groups in total. The number of nitrogens with one attached hydrogen (secondary N) is 1. The van der Waals surface area contributed by atoms with E-state index in [9.17, 15) is 4.79 Å². The Morgan fingerprint density at radius 3 is 2.80 bits per heavy atom. The standard InChI is InChI=1S/C14H18ClNO3S/c1-18-14(6-7-20-10-14)9-16-13(17)8-19-12-4-2-11(15)3-5-12/h2-5H,6-10H2,1H3,(H,16,17). The van der Waals surface area contributed by atoms with Gasteiger partial charge in [-0.2, -0.15) is 11.8 Å². The molecule has 1 fully saturated rings. The van der Waals surface area contributed by atoms with E-state index < -0.39 is 0 Å². The predicted octanol–water partition coefficient (Wildman–Crippen LogP) is 2.36. The summed E-state index contributed by atoms with van der Waals surface area (Å²) in [4.78, 5) is 11.8. The second-order valence-corrected chi connectivity index (χ2v) is 6.25. The highest BCUT2D eigenvalue weighted by molar-refractivity contribution is 7.99. The van der Waals surface area contributed by atoms with Crippen molar-refractivity contribution in [3.05, 3.63) is 29.3 Å². The number of halogens is 1. The third-order valence-corrected chi connectivity index (χ3v) is 4.77. The third kappa shape index (κ3) is 4.30. The number of hydrogen-bond acceptors (Lipinski definition) is 4. The van der Waals surface area contributed by atoms with Gasteiger partial charge in [-0.1, -0.05) is 11.6 Å². The van der Waals surface area contributed by atoms with Gasteiger partial charge >= 0.3 is 0 Å². The lowest BCUT2D eigenvalue weighted by molar-refractivity contribution is -0.124. The molecule has 1 saturated heterocycles. The molecule has 0 aromatic heterocycles. The Morgan fingerprint density at radius 1 is 1.45 bits per heavy atom. The van der Waals surface area contributed by atoms with Crippen LogP contribution in [-0.4, -0.2) is 43.3 Å². The van der Waals surface area contributed by atoms with Crippen molar-refractivity contribution >= 4 is 29.3 Å². The second-order valence-electron chi connectivity index (χ2n) is 4.71. The number of amides is 1. The maximum absolute atomic E-state index is 11.8. The molecule has 1 amide bonds. The highest BCUT2D eigenvalue weighted by Crippen LogP contribution is 2.30. The van der Waals surface area contributed by atoms with Gasteiger partial charge in [-0.15, -0.1) is 0 Å². The molecule has 1 aromatic rings. The van der Waals surface area contributed by atoms with Gasteiger partial charge in [0, 0.05) is 24.4 Å². The molecule has 0 saturated carbocycles. The molecule has 1 aliphatic rings. The molecule has 1 aromatic carbocycles. The predicted molar refractivity (Wildman–Crippen MR) is 81.6 cm³/mol. The van der Waals surface area contributed by atoms with E-state index in [-0.39, 0.29) is 18.1 Å². The molecule has 0 aliphatic carbocycles. The number of hydrogen-bond donors (Lipinski definition) is 1. The number of methoxy groups -OCH3 is 1. The largest absolute Gasteiger partial charge is 0.484 e. The van der Waals surface area contributed by atoms with E-state index in [0.29, 0.717) is 17.3 Å². The Morgan fingerprint density at radius 2 is 2.20 bits per heavy atom. The topological polar surface area (TPSA) is 47.6 Å². The molecule has 1 aliphatic heterocycles. The fourth-order valence-corrected chi connectivity index (χ4v) is 3.47. The zero-order valence-electron chi connectivity index (χ0n) is 11.4. The quantitative estimate of drug-likeness (QED) is 0.875. The molecule has 2 rings (SSSR count). The number of thioether (sulfide) groups is 1. The van der Waals surface area contributed by atoms with Crippen LogP contribution in [0.5, 0.6) is 5.75 Å². The fourth-order valence-electron chi connectivity index (χ4n) is 1.95. The lowest BCUT2D eigenvalue weighted by atomic mass is 10.0. The number of ether oxygens (including phenoxy) is 2. The van der Waals surface area contributed by atoms with E-state index >= 15 is 0 Å². The molecule has 20 heavy (non-hydrogen) atoms. The summed E-state index contributed by atoms with van der Waals surface area (Å²) < 4.78 is 10.9. The summed E-state index contributed by atoms with van der Waals surface area (Å²) in [7, 11) is 1.70. The van der Waals surface area contributed by atoms with Gasteiger partial charge in [-0.25, -0.2) is 0 Å². The smallest absolute Gasteiger partial charge is 0.258 e. The van der Waals surface area contributed by atoms with Crippen molar-refractivity contribution in [3.8, 4) is 5.75 Å². The van der Waals surface area contributed by atoms with Crippen LogP contribution in [0, 0.1) is 0 Å². The van der Waals surface area contributed by atoms with Gasteiger partial charge in [0.25, 0.3) is 5.91 Å². The van der Waals surface area contributed by atoms with E-state index in [1.165, 1.54) is 0 Å². The number of carbonyl (C=O) groups excluding carboxylic acids is 1. The lowest BCUT2D eigenvalue weighted by Crippen LogP contribution is -2.45. The van der Waals surface area contributed by atoms with Crippen LogP contribution in [-0.2, 0) is 9.53 Å². The third-order valence-electron chi connectivity index (χ3n) is 3.29. The molecule has 4 nitrogen and oxygen atoms in total. The van der Waals surface area contributed by atoms with E-state index in [1.807, 2.05) is 11.8 Å². The van der Waals surface area contributed by atoms with Crippen LogP contribution >= 0.6 is 23.4 Å². The maximum atomic E-state index is 11.8. The minimum absolute atomic E-state index is 0.00539. The Hall–Kier alpha value is -0.910. The molecule has 110 valence electrons. The Labute approximate surface area is 128 Å². The van der Waals surface area contributed by atoms with Crippen molar-refractivity contribution < 1.29 is 14.3 Å². The molecule has 6 heteroatoms. The summed E-state index contributed by atoms with van der Waals surface area (Å²) in [6.45, 7) is 0.522. The van der Waals surface area contributed by atoms with Crippen LogP contribution in [0.15, 0.2) is 24.3 Å². The molecule has 0 bridgehead atoms. The van der Waals surface area contributed by atoms with E-state index in [0.717, 1.165) is 17.9 Å². The fraction of sp³-hybridized carbons (Fsp3) is 0.500. The number of carbonyl (C=O) groups is 1. The normalized spacial score (nSPS) is 21.7. The summed E-state index contributed by atoms with van der Waals surface area (Å²) in [5.41, 5.74) is -0.222. The highest BCUT2D eigenvalue weighted by Gasteiger charge is 2.34. The Balaban J connectivity index is 1.74. The lowest BCUT2D eigenvalue weighted by Gasteiger charge is -2.26. The minimum atomic E-state index is -0.222. The molecular formula is C14H18ClNO3S. The van der Waals surface area contributed by atoms with Gasteiger partial charge in [0.2, 0.25) is 0 Å². The van der Waals surface area contributed by atoms with Crippen LogP contribution < -0.4 is 10.1 Å². The zero-order chi connectivity index (χ0) is 14.4. The van der Waals surface area contributed by atoms with Crippen LogP contribution in [0.2, 0.25) is 5.02 Å². The maximum Gasteiger partial charge on any atom is 0.258 e. The molecule has 1 atom stereocenters. The van der Waals surface area contributed by atoms with Gasteiger partial charge in [-0.3, -0.25) is 4.79 Å². The van der Waals surface area contributed by atoms with Gasteiger partial charge in [0.05, 0.1) is 5.60 Å². The average Bonchev–Trinajstić information content (AvgIpc) is 2.94. The Kier molecular flexibility index (Phi) is 5.57. The highest BCUT2D eigenvalue weighted by atomic mass is 35.5. The monoisotopic (exact) mass is 315 g/mol. The molecule has 0 spiro atoms. The first kappa shape index (κ1) is 15.5. The van der Waals surface area contributed by atoms with Gasteiger partial charge in [0.1, 0.15) is 5.75 Å². The molecule has 0 radical (unpaired) electrons. The molecule has 1 heterocycles. The molecule has 1 unspecified atom stereocenters. The second kappa shape index (κ2) is 7.20. The summed E-state index contributed by atoms with van der Waals surface area (Å²) in [6.07, 6.45) is 0.965. The van der Waals surface area contributed by atoms with Crippen LogP contribution in [0.4, 0.5) is 0 Å².